The molecule has 0 aliphatic carbocycles. The third-order valence-corrected chi connectivity index (χ3v) is 3.78. The van der Waals surface area contributed by atoms with Crippen LogP contribution in [0.3, 0.4) is 0 Å². The van der Waals surface area contributed by atoms with Crippen molar-refractivity contribution in [3.8, 4) is 0 Å². The molecule has 11 heavy (non-hydrogen) atoms. The lowest BCUT2D eigenvalue weighted by atomic mass is 10.5. The summed E-state index contributed by atoms with van der Waals surface area (Å²) in [6.07, 6.45) is 1.17. The van der Waals surface area contributed by atoms with Crippen LogP contribution in [0.15, 0.2) is 0 Å². The molecule has 0 amide bonds. The molecule has 0 heterocycles. The Kier molecular flexibility index (Phi) is 4.98. The molecule has 2 atom stereocenters. The first-order valence-electron chi connectivity index (χ1n) is 3.97. The summed E-state index contributed by atoms with van der Waals surface area (Å²) in [7, 11) is -3.02. The van der Waals surface area contributed by atoms with E-state index in [4.69, 9.17) is 4.74 Å². The molecule has 4 heteroatoms. The Morgan fingerprint density at radius 2 is 2.09 bits per heavy atom. The highest BCUT2D eigenvalue weighted by atomic mass is 31.2. The normalized spacial score (nSPS) is 19.3. The summed E-state index contributed by atoms with van der Waals surface area (Å²) in [5.74, 6) is -0.507. The molecule has 0 saturated carbocycles. The van der Waals surface area contributed by atoms with E-state index in [1.807, 2.05) is 6.92 Å². The van der Waals surface area contributed by atoms with Crippen LogP contribution in [0.1, 0.15) is 27.2 Å². The highest BCUT2D eigenvalue weighted by Gasteiger charge is 2.24. The van der Waals surface area contributed by atoms with Gasteiger partial charge in [-0.25, -0.2) is 0 Å². The molecule has 68 valence electrons. The summed E-state index contributed by atoms with van der Waals surface area (Å²) in [6, 6.07) is 0. The zero-order chi connectivity index (χ0) is 8.91. The zero-order valence-electron chi connectivity index (χ0n) is 7.41. The molecular weight excluding hydrogens is 163 g/mol. The van der Waals surface area contributed by atoms with E-state index in [-0.39, 0.29) is 6.16 Å². The van der Waals surface area contributed by atoms with E-state index < -0.39 is 13.2 Å². The van der Waals surface area contributed by atoms with Gasteiger partial charge in [-0.1, -0.05) is 13.8 Å². The van der Waals surface area contributed by atoms with E-state index >= 15 is 0 Å². The quantitative estimate of drug-likeness (QED) is 0.658. The van der Waals surface area contributed by atoms with E-state index in [2.05, 4.69) is 0 Å². The van der Waals surface area contributed by atoms with Crippen LogP contribution in [0.25, 0.3) is 0 Å². The molecule has 0 radical (unpaired) electrons. The molecule has 1 N–H and O–H groups in total. The Morgan fingerprint density at radius 1 is 1.55 bits per heavy atom. The second kappa shape index (κ2) is 4.91. The smallest absolute Gasteiger partial charge is 0.227 e. The molecule has 0 saturated heterocycles. The maximum absolute atomic E-state index is 11.2. The summed E-state index contributed by atoms with van der Waals surface area (Å²) in [5.41, 5.74) is 0. The van der Waals surface area contributed by atoms with Crippen LogP contribution < -0.4 is 0 Å². The molecule has 0 spiro atoms. The van der Waals surface area contributed by atoms with Crippen LogP contribution in [0, 0.1) is 0 Å². The van der Waals surface area contributed by atoms with Crippen molar-refractivity contribution in [1.82, 2.24) is 0 Å². The molecule has 0 aromatic rings. The maximum atomic E-state index is 11.2. The SMILES string of the molecule is CCCOC(C)P(=O)(O)CC. The van der Waals surface area contributed by atoms with Gasteiger partial charge in [0.1, 0.15) is 5.85 Å². The van der Waals surface area contributed by atoms with Crippen molar-refractivity contribution in [1.29, 1.82) is 0 Å². The predicted octanol–water partition coefficient (Wildman–Crippen LogP) is 2.05. The average Bonchev–Trinajstić information content (AvgIpc) is 2.00. The van der Waals surface area contributed by atoms with Gasteiger partial charge in [0.25, 0.3) is 0 Å². The summed E-state index contributed by atoms with van der Waals surface area (Å²) in [4.78, 5) is 9.25. The van der Waals surface area contributed by atoms with Crippen LogP contribution in [0.4, 0.5) is 0 Å². The van der Waals surface area contributed by atoms with Crippen molar-refractivity contribution < 1.29 is 14.2 Å². The fourth-order valence-electron chi connectivity index (χ4n) is 0.662. The predicted molar refractivity (Wildman–Crippen MR) is 46.1 cm³/mol. The lowest BCUT2D eigenvalue weighted by molar-refractivity contribution is 0.108. The monoisotopic (exact) mass is 180 g/mol. The van der Waals surface area contributed by atoms with Crippen LogP contribution in [0.5, 0.6) is 0 Å². The zero-order valence-corrected chi connectivity index (χ0v) is 8.30. The maximum Gasteiger partial charge on any atom is 0.227 e. The fourth-order valence-corrected chi connectivity index (χ4v) is 1.51. The number of hydrogen-bond acceptors (Lipinski definition) is 2. The molecule has 0 aromatic heterocycles. The minimum absolute atomic E-state index is 0.290. The first kappa shape index (κ1) is 11.2. The van der Waals surface area contributed by atoms with E-state index in [0.29, 0.717) is 6.61 Å². The van der Waals surface area contributed by atoms with Gasteiger partial charge in [0.15, 0.2) is 0 Å². The second-order valence-corrected chi connectivity index (χ2v) is 5.41. The van der Waals surface area contributed by atoms with Gasteiger partial charge in [-0.05, 0) is 13.3 Å². The highest BCUT2D eigenvalue weighted by Crippen LogP contribution is 2.45. The van der Waals surface area contributed by atoms with Crippen LogP contribution in [0.2, 0.25) is 0 Å². The molecule has 0 aliphatic rings. The molecular formula is C7H17O3P. The Bertz CT molecular complexity index is 147. The van der Waals surface area contributed by atoms with Gasteiger partial charge in [0.05, 0.1) is 0 Å². The fraction of sp³-hybridized carbons (Fsp3) is 1.00. The summed E-state index contributed by atoms with van der Waals surface area (Å²) < 4.78 is 16.4. The molecule has 0 aliphatic heterocycles. The Balaban J connectivity index is 3.81. The number of rotatable bonds is 5. The number of ether oxygens (including phenoxy) is 1. The van der Waals surface area contributed by atoms with Gasteiger partial charge in [-0.15, -0.1) is 0 Å². The molecule has 0 bridgehead atoms. The molecule has 0 aromatic carbocycles. The second-order valence-electron chi connectivity index (χ2n) is 2.54. The Labute approximate surface area is 68.2 Å². The van der Waals surface area contributed by atoms with Crippen molar-refractivity contribution in [2.24, 2.45) is 0 Å². The lowest BCUT2D eigenvalue weighted by Crippen LogP contribution is -2.10. The van der Waals surface area contributed by atoms with Gasteiger partial charge < -0.3 is 9.63 Å². The first-order valence-corrected chi connectivity index (χ1v) is 5.89. The molecule has 3 nitrogen and oxygen atoms in total. The van der Waals surface area contributed by atoms with Gasteiger partial charge in [0, 0.05) is 12.8 Å². The standard InChI is InChI=1S/C7H17O3P/c1-4-6-10-7(3)11(8,9)5-2/h7H,4-6H2,1-3H3,(H,8,9). The third kappa shape index (κ3) is 3.90. The van der Waals surface area contributed by atoms with E-state index in [1.54, 1.807) is 13.8 Å². The van der Waals surface area contributed by atoms with Crippen molar-refractivity contribution in [3.63, 3.8) is 0 Å². The molecule has 0 rings (SSSR count). The minimum Gasteiger partial charge on any atom is -0.368 e. The van der Waals surface area contributed by atoms with Gasteiger partial charge in [0.2, 0.25) is 7.37 Å². The average molecular weight is 180 g/mol. The van der Waals surface area contributed by atoms with Crippen LogP contribution in [-0.2, 0) is 9.30 Å². The summed E-state index contributed by atoms with van der Waals surface area (Å²) >= 11 is 0. The third-order valence-electron chi connectivity index (χ3n) is 1.58. The van der Waals surface area contributed by atoms with Gasteiger partial charge in [-0.2, -0.15) is 0 Å². The number of hydrogen-bond donors (Lipinski definition) is 1. The van der Waals surface area contributed by atoms with E-state index in [1.165, 1.54) is 0 Å². The van der Waals surface area contributed by atoms with Crippen molar-refractivity contribution >= 4 is 7.37 Å². The van der Waals surface area contributed by atoms with E-state index in [9.17, 15) is 9.46 Å². The summed E-state index contributed by atoms with van der Waals surface area (Å²) in [5, 5.41) is 0. The largest absolute Gasteiger partial charge is 0.368 e. The molecule has 0 fully saturated rings. The van der Waals surface area contributed by atoms with Crippen molar-refractivity contribution in [2.45, 2.75) is 33.0 Å². The van der Waals surface area contributed by atoms with Crippen LogP contribution >= 0.6 is 7.37 Å². The lowest BCUT2D eigenvalue weighted by Gasteiger charge is -2.17. The van der Waals surface area contributed by atoms with Crippen molar-refractivity contribution in [3.05, 3.63) is 0 Å². The minimum atomic E-state index is -3.02. The molecule has 2 unspecified atom stereocenters. The topological polar surface area (TPSA) is 46.5 Å². The highest BCUT2D eigenvalue weighted by molar-refractivity contribution is 7.58. The van der Waals surface area contributed by atoms with Gasteiger partial charge in [-0.3, -0.25) is 4.57 Å². The van der Waals surface area contributed by atoms with Gasteiger partial charge >= 0.3 is 0 Å². The van der Waals surface area contributed by atoms with Crippen LogP contribution in [-0.4, -0.2) is 23.5 Å². The Morgan fingerprint density at radius 3 is 2.45 bits per heavy atom. The Hall–Kier alpha value is 0.150. The summed E-state index contributed by atoms with van der Waals surface area (Å²) in [6.45, 7) is 5.89. The van der Waals surface area contributed by atoms with E-state index in [0.717, 1.165) is 6.42 Å². The van der Waals surface area contributed by atoms with Crippen molar-refractivity contribution in [2.75, 3.05) is 12.8 Å². The first-order chi connectivity index (χ1) is 5.04.